The fourth-order valence-electron chi connectivity index (χ4n) is 1.55. The summed E-state index contributed by atoms with van der Waals surface area (Å²) >= 11 is 3.23. The summed E-state index contributed by atoms with van der Waals surface area (Å²) in [6.07, 6.45) is 1.56. The van der Waals surface area contributed by atoms with Crippen molar-refractivity contribution in [3.05, 3.63) is 52.8 Å². The third kappa shape index (κ3) is 2.68. The van der Waals surface area contributed by atoms with Gasteiger partial charge in [0.1, 0.15) is 10.4 Å². The molecular formula is C13H11BrN2O2. The van der Waals surface area contributed by atoms with Gasteiger partial charge in [-0.05, 0) is 40.2 Å². The lowest BCUT2D eigenvalue weighted by molar-refractivity contribution is 0.0993. The molecule has 4 nitrogen and oxygen atoms in total. The minimum absolute atomic E-state index is 0.128. The van der Waals surface area contributed by atoms with Crippen molar-refractivity contribution in [3.8, 4) is 5.75 Å². The largest absolute Gasteiger partial charge is 0.508 e. The van der Waals surface area contributed by atoms with E-state index >= 15 is 0 Å². The first-order valence-electron chi connectivity index (χ1n) is 5.26. The van der Waals surface area contributed by atoms with E-state index in [1.807, 2.05) is 0 Å². The Morgan fingerprint density at radius 1 is 1.33 bits per heavy atom. The first-order chi connectivity index (χ1) is 8.58. The molecule has 0 fully saturated rings. The number of carbonyl (C=O) groups is 1. The summed E-state index contributed by atoms with van der Waals surface area (Å²) in [7, 11) is 1.66. The van der Waals surface area contributed by atoms with Gasteiger partial charge in [-0.25, -0.2) is 4.98 Å². The quantitative estimate of drug-likeness (QED) is 0.868. The zero-order valence-corrected chi connectivity index (χ0v) is 11.3. The number of hydrogen-bond donors (Lipinski definition) is 1. The molecule has 2 rings (SSSR count). The van der Waals surface area contributed by atoms with E-state index < -0.39 is 0 Å². The van der Waals surface area contributed by atoms with Crippen molar-refractivity contribution < 1.29 is 9.90 Å². The molecule has 0 aliphatic carbocycles. The van der Waals surface area contributed by atoms with Gasteiger partial charge >= 0.3 is 0 Å². The Morgan fingerprint density at radius 2 is 2.11 bits per heavy atom. The van der Waals surface area contributed by atoms with Crippen LogP contribution in [0, 0.1) is 0 Å². The molecule has 92 valence electrons. The fraction of sp³-hybridized carbons (Fsp3) is 0.0769. The summed E-state index contributed by atoms with van der Waals surface area (Å²) in [5.41, 5.74) is 1.16. The van der Waals surface area contributed by atoms with Crippen molar-refractivity contribution in [2.45, 2.75) is 0 Å². The van der Waals surface area contributed by atoms with E-state index in [1.54, 1.807) is 43.6 Å². The van der Waals surface area contributed by atoms with Crippen LogP contribution in [-0.4, -0.2) is 23.0 Å². The van der Waals surface area contributed by atoms with Gasteiger partial charge in [0.05, 0.1) is 0 Å². The molecular weight excluding hydrogens is 296 g/mol. The Bertz CT molecular complexity index is 587. The van der Waals surface area contributed by atoms with E-state index in [2.05, 4.69) is 20.9 Å². The molecule has 0 saturated carbocycles. The number of aromatic nitrogens is 1. The van der Waals surface area contributed by atoms with E-state index in [0.29, 0.717) is 15.9 Å². The summed E-state index contributed by atoms with van der Waals surface area (Å²) in [4.78, 5) is 17.7. The standard InChI is InChI=1S/C13H11BrN2O2/c1-16(10-3-2-4-11(17)8-10)13(18)9-5-6-15-12(14)7-9/h2-8,17H,1H3. The van der Waals surface area contributed by atoms with Crippen LogP contribution in [-0.2, 0) is 0 Å². The van der Waals surface area contributed by atoms with Gasteiger partial charge in [-0.3, -0.25) is 4.79 Å². The van der Waals surface area contributed by atoms with Crippen molar-refractivity contribution in [3.63, 3.8) is 0 Å². The van der Waals surface area contributed by atoms with Crippen LogP contribution in [0.4, 0.5) is 5.69 Å². The Balaban J connectivity index is 2.29. The van der Waals surface area contributed by atoms with Crippen molar-refractivity contribution in [1.82, 2.24) is 4.98 Å². The molecule has 0 bridgehead atoms. The Hall–Kier alpha value is -1.88. The van der Waals surface area contributed by atoms with Crippen LogP contribution in [0.5, 0.6) is 5.75 Å². The molecule has 1 aromatic carbocycles. The van der Waals surface area contributed by atoms with E-state index in [-0.39, 0.29) is 11.7 Å². The summed E-state index contributed by atoms with van der Waals surface area (Å²) in [5, 5.41) is 9.40. The van der Waals surface area contributed by atoms with Gasteiger partial charge in [-0.15, -0.1) is 0 Å². The molecule has 0 spiro atoms. The molecule has 2 aromatic rings. The maximum atomic E-state index is 12.2. The number of amides is 1. The van der Waals surface area contributed by atoms with Gasteiger partial charge in [-0.2, -0.15) is 0 Å². The minimum atomic E-state index is -0.163. The Labute approximate surface area is 113 Å². The number of aromatic hydroxyl groups is 1. The minimum Gasteiger partial charge on any atom is -0.508 e. The lowest BCUT2D eigenvalue weighted by atomic mass is 10.2. The topological polar surface area (TPSA) is 53.4 Å². The third-order valence-corrected chi connectivity index (χ3v) is 2.93. The van der Waals surface area contributed by atoms with Crippen LogP contribution in [0.2, 0.25) is 0 Å². The second-order valence-electron chi connectivity index (χ2n) is 3.75. The summed E-state index contributed by atoms with van der Waals surface area (Å²) in [6, 6.07) is 9.85. The highest BCUT2D eigenvalue weighted by Gasteiger charge is 2.14. The molecule has 1 aromatic heterocycles. The van der Waals surface area contributed by atoms with Crippen LogP contribution in [0.1, 0.15) is 10.4 Å². The number of carbonyl (C=O) groups excluding carboxylic acids is 1. The number of benzene rings is 1. The monoisotopic (exact) mass is 306 g/mol. The average Bonchev–Trinajstić information content (AvgIpc) is 2.37. The van der Waals surface area contributed by atoms with Crippen molar-refractivity contribution in [2.75, 3.05) is 11.9 Å². The van der Waals surface area contributed by atoms with Crippen LogP contribution >= 0.6 is 15.9 Å². The van der Waals surface area contributed by atoms with Gasteiger partial charge in [0.25, 0.3) is 5.91 Å². The summed E-state index contributed by atoms with van der Waals surface area (Å²) in [5.74, 6) is -0.0354. The zero-order chi connectivity index (χ0) is 13.1. The average molecular weight is 307 g/mol. The molecule has 1 amide bonds. The van der Waals surface area contributed by atoms with Gasteiger partial charge in [0, 0.05) is 30.6 Å². The van der Waals surface area contributed by atoms with E-state index in [0.717, 1.165) is 0 Å². The lowest BCUT2D eigenvalue weighted by Crippen LogP contribution is -2.26. The zero-order valence-electron chi connectivity index (χ0n) is 9.67. The maximum Gasteiger partial charge on any atom is 0.258 e. The normalized spacial score (nSPS) is 10.1. The molecule has 0 unspecified atom stereocenters. The summed E-state index contributed by atoms with van der Waals surface area (Å²) < 4.78 is 0.609. The highest BCUT2D eigenvalue weighted by molar-refractivity contribution is 9.10. The highest BCUT2D eigenvalue weighted by atomic mass is 79.9. The number of phenolic OH excluding ortho intramolecular Hbond substituents is 1. The molecule has 5 heteroatoms. The van der Waals surface area contributed by atoms with E-state index in [1.165, 1.54) is 11.0 Å². The second kappa shape index (κ2) is 5.18. The number of pyridine rings is 1. The van der Waals surface area contributed by atoms with Crippen LogP contribution in [0.15, 0.2) is 47.2 Å². The fourth-order valence-corrected chi connectivity index (χ4v) is 1.91. The Kier molecular flexibility index (Phi) is 3.62. The molecule has 0 aliphatic rings. The van der Waals surface area contributed by atoms with E-state index in [9.17, 15) is 9.90 Å². The molecule has 1 N–H and O–H groups in total. The van der Waals surface area contributed by atoms with Crippen LogP contribution in [0.3, 0.4) is 0 Å². The van der Waals surface area contributed by atoms with Gasteiger partial charge in [0.2, 0.25) is 0 Å². The van der Waals surface area contributed by atoms with Gasteiger partial charge in [0.15, 0.2) is 0 Å². The van der Waals surface area contributed by atoms with E-state index in [4.69, 9.17) is 0 Å². The molecule has 0 saturated heterocycles. The Morgan fingerprint density at radius 3 is 2.78 bits per heavy atom. The SMILES string of the molecule is CN(C(=O)c1ccnc(Br)c1)c1cccc(O)c1. The van der Waals surface area contributed by atoms with Crippen molar-refractivity contribution in [1.29, 1.82) is 0 Å². The number of nitrogens with zero attached hydrogens (tertiary/aromatic N) is 2. The van der Waals surface area contributed by atoms with Crippen LogP contribution < -0.4 is 4.90 Å². The first-order valence-corrected chi connectivity index (χ1v) is 6.06. The predicted octanol–water partition coefficient (Wildman–Crippen LogP) is 2.83. The first kappa shape index (κ1) is 12.6. The molecule has 0 aliphatic heterocycles. The number of anilines is 1. The number of phenols is 1. The lowest BCUT2D eigenvalue weighted by Gasteiger charge is -2.17. The van der Waals surface area contributed by atoms with Gasteiger partial charge < -0.3 is 10.0 Å². The third-order valence-electron chi connectivity index (χ3n) is 2.50. The van der Waals surface area contributed by atoms with Crippen LogP contribution in [0.25, 0.3) is 0 Å². The number of halogens is 1. The summed E-state index contributed by atoms with van der Waals surface area (Å²) in [6.45, 7) is 0. The van der Waals surface area contributed by atoms with Gasteiger partial charge in [-0.1, -0.05) is 6.07 Å². The second-order valence-corrected chi connectivity index (χ2v) is 4.56. The van der Waals surface area contributed by atoms with Crippen molar-refractivity contribution in [2.24, 2.45) is 0 Å². The molecule has 1 heterocycles. The molecule has 0 radical (unpaired) electrons. The maximum absolute atomic E-state index is 12.2. The van der Waals surface area contributed by atoms with Crippen molar-refractivity contribution >= 4 is 27.5 Å². The highest BCUT2D eigenvalue weighted by Crippen LogP contribution is 2.21. The smallest absolute Gasteiger partial charge is 0.258 e. The number of hydrogen-bond acceptors (Lipinski definition) is 3. The molecule has 18 heavy (non-hydrogen) atoms. The molecule has 0 atom stereocenters. The number of rotatable bonds is 2. The predicted molar refractivity (Wildman–Crippen MR) is 72.8 cm³/mol.